The molecule has 132 valence electrons. The summed E-state index contributed by atoms with van der Waals surface area (Å²) in [6.45, 7) is 4.90. The van der Waals surface area contributed by atoms with Gasteiger partial charge in [-0.05, 0) is 62.2 Å². The minimum atomic E-state index is 0.0525. The maximum atomic E-state index is 12.7. The number of carbonyl (C=O) groups excluding carboxylic acids is 1. The van der Waals surface area contributed by atoms with Crippen molar-refractivity contribution in [2.24, 2.45) is 5.92 Å². The molecule has 1 saturated heterocycles. The molecule has 4 nitrogen and oxygen atoms in total. The number of methoxy groups -OCH3 is 1. The molecule has 4 heteroatoms. The molecule has 0 aromatic heterocycles. The summed E-state index contributed by atoms with van der Waals surface area (Å²) in [5, 5.41) is 3.24. The van der Waals surface area contributed by atoms with E-state index in [2.05, 4.69) is 34.5 Å². The van der Waals surface area contributed by atoms with Gasteiger partial charge in [0, 0.05) is 20.2 Å². The second-order valence-electron chi connectivity index (χ2n) is 7.17. The molecule has 1 amide bonds. The number of rotatable bonds is 6. The van der Waals surface area contributed by atoms with Crippen LogP contribution < -0.4 is 5.32 Å². The first-order valence-electron chi connectivity index (χ1n) is 9.34. The second-order valence-corrected chi connectivity index (χ2v) is 7.17. The molecule has 1 fully saturated rings. The lowest BCUT2D eigenvalue weighted by Gasteiger charge is -2.32. The van der Waals surface area contributed by atoms with E-state index in [1.807, 2.05) is 0 Å². The Morgan fingerprint density at radius 3 is 2.83 bits per heavy atom. The van der Waals surface area contributed by atoms with E-state index in [0.717, 1.165) is 52.0 Å². The Bertz CT molecular complexity index is 538. The first-order valence-corrected chi connectivity index (χ1v) is 9.34. The second kappa shape index (κ2) is 8.63. The van der Waals surface area contributed by atoms with E-state index in [4.69, 9.17) is 4.74 Å². The fourth-order valence-electron chi connectivity index (χ4n) is 4.03. The minimum absolute atomic E-state index is 0.0525. The molecule has 0 unspecified atom stereocenters. The van der Waals surface area contributed by atoms with Crippen molar-refractivity contribution < 1.29 is 9.53 Å². The SMILES string of the molecule is COCCN1CCC(CNC(=O)[C@H]2CCCc3ccccc32)CC1. The molecule has 2 aliphatic rings. The van der Waals surface area contributed by atoms with Gasteiger partial charge in [0.25, 0.3) is 0 Å². The van der Waals surface area contributed by atoms with Crippen LogP contribution >= 0.6 is 0 Å². The minimum Gasteiger partial charge on any atom is -0.383 e. The third-order valence-corrected chi connectivity index (χ3v) is 5.57. The number of nitrogens with zero attached hydrogens (tertiary/aromatic N) is 1. The van der Waals surface area contributed by atoms with Crippen molar-refractivity contribution in [2.75, 3.05) is 39.9 Å². The standard InChI is InChI=1S/C20H30N2O2/c1-24-14-13-22-11-9-16(10-12-22)15-21-20(23)19-8-4-6-17-5-2-3-7-18(17)19/h2-3,5,7,16,19H,4,6,8-15H2,1H3,(H,21,23)/t19-/m0/s1. The van der Waals surface area contributed by atoms with Crippen LogP contribution in [0.25, 0.3) is 0 Å². The van der Waals surface area contributed by atoms with Crippen LogP contribution in [0.1, 0.15) is 42.7 Å². The summed E-state index contributed by atoms with van der Waals surface area (Å²) in [7, 11) is 1.76. The summed E-state index contributed by atoms with van der Waals surface area (Å²) in [6.07, 6.45) is 5.56. The molecule has 1 aromatic carbocycles. The van der Waals surface area contributed by atoms with E-state index >= 15 is 0 Å². The summed E-state index contributed by atoms with van der Waals surface area (Å²) in [5.74, 6) is 0.896. The summed E-state index contributed by atoms with van der Waals surface area (Å²) in [5.41, 5.74) is 2.60. The summed E-state index contributed by atoms with van der Waals surface area (Å²) in [6, 6.07) is 8.44. The molecule has 1 aliphatic heterocycles. The van der Waals surface area contributed by atoms with E-state index in [-0.39, 0.29) is 11.8 Å². The van der Waals surface area contributed by atoms with Gasteiger partial charge in [0.15, 0.2) is 0 Å². The number of hydrogen-bond donors (Lipinski definition) is 1. The van der Waals surface area contributed by atoms with Crippen LogP contribution in [0.15, 0.2) is 24.3 Å². The molecule has 0 saturated carbocycles. The van der Waals surface area contributed by atoms with Gasteiger partial charge < -0.3 is 15.0 Å². The van der Waals surface area contributed by atoms with Gasteiger partial charge in [-0.3, -0.25) is 4.79 Å². The highest BCUT2D eigenvalue weighted by atomic mass is 16.5. The van der Waals surface area contributed by atoms with Gasteiger partial charge in [-0.1, -0.05) is 24.3 Å². The van der Waals surface area contributed by atoms with Crippen molar-refractivity contribution in [3.8, 4) is 0 Å². The van der Waals surface area contributed by atoms with Crippen molar-refractivity contribution in [1.29, 1.82) is 0 Å². The van der Waals surface area contributed by atoms with Gasteiger partial charge in [0.1, 0.15) is 0 Å². The zero-order valence-corrected chi connectivity index (χ0v) is 14.8. The Morgan fingerprint density at radius 2 is 2.04 bits per heavy atom. The molecular formula is C20H30N2O2. The number of aryl methyl sites for hydroxylation is 1. The van der Waals surface area contributed by atoms with Gasteiger partial charge in [-0.15, -0.1) is 0 Å². The number of ether oxygens (including phenoxy) is 1. The average Bonchev–Trinajstić information content (AvgIpc) is 2.64. The van der Waals surface area contributed by atoms with Crippen LogP contribution in [-0.4, -0.2) is 50.7 Å². The van der Waals surface area contributed by atoms with Gasteiger partial charge >= 0.3 is 0 Å². The maximum Gasteiger partial charge on any atom is 0.227 e. The molecule has 1 aliphatic carbocycles. The zero-order valence-electron chi connectivity index (χ0n) is 14.8. The summed E-state index contributed by atoms with van der Waals surface area (Å²) < 4.78 is 5.15. The number of carbonyl (C=O) groups is 1. The molecule has 0 spiro atoms. The van der Waals surface area contributed by atoms with Crippen LogP contribution in [0, 0.1) is 5.92 Å². The first-order chi connectivity index (χ1) is 11.8. The molecule has 0 bridgehead atoms. The Balaban J connectivity index is 1.45. The predicted molar refractivity (Wildman–Crippen MR) is 96.2 cm³/mol. The fourth-order valence-corrected chi connectivity index (χ4v) is 4.03. The van der Waals surface area contributed by atoms with Crippen LogP contribution in [-0.2, 0) is 16.0 Å². The lowest BCUT2D eigenvalue weighted by molar-refractivity contribution is -0.123. The monoisotopic (exact) mass is 330 g/mol. The van der Waals surface area contributed by atoms with Crippen LogP contribution in [0.5, 0.6) is 0 Å². The van der Waals surface area contributed by atoms with Crippen LogP contribution in [0.3, 0.4) is 0 Å². The summed E-state index contributed by atoms with van der Waals surface area (Å²) in [4.78, 5) is 15.1. The van der Waals surface area contributed by atoms with Crippen molar-refractivity contribution >= 4 is 5.91 Å². The van der Waals surface area contributed by atoms with Crippen LogP contribution in [0.2, 0.25) is 0 Å². The normalized spacial score (nSPS) is 22.1. The van der Waals surface area contributed by atoms with E-state index < -0.39 is 0 Å². The molecule has 3 rings (SSSR count). The Kier molecular flexibility index (Phi) is 6.27. The van der Waals surface area contributed by atoms with Crippen LogP contribution in [0.4, 0.5) is 0 Å². The van der Waals surface area contributed by atoms with Crippen molar-refractivity contribution in [3.05, 3.63) is 35.4 Å². The quantitative estimate of drug-likeness (QED) is 0.872. The number of nitrogens with one attached hydrogen (secondary N) is 1. The van der Waals surface area contributed by atoms with E-state index in [1.54, 1.807) is 7.11 Å². The highest BCUT2D eigenvalue weighted by molar-refractivity contribution is 5.84. The third-order valence-electron chi connectivity index (χ3n) is 5.57. The number of fused-ring (bicyclic) bond motifs is 1. The Hall–Kier alpha value is -1.39. The fraction of sp³-hybridized carbons (Fsp3) is 0.650. The highest BCUT2D eigenvalue weighted by Gasteiger charge is 2.27. The van der Waals surface area contributed by atoms with Gasteiger partial charge in [-0.25, -0.2) is 0 Å². The van der Waals surface area contributed by atoms with Crippen molar-refractivity contribution in [1.82, 2.24) is 10.2 Å². The number of benzene rings is 1. The smallest absolute Gasteiger partial charge is 0.227 e. The molecular weight excluding hydrogens is 300 g/mol. The van der Waals surface area contributed by atoms with E-state index in [9.17, 15) is 4.79 Å². The predicted octanol–water partition coefficient (Wildman–Crippen LogP) is 2.58. The molecule has 24 heavy (non-hydrogen) atoms. The molecule has 1 heterocycles. The van der Waals surface area contributed by atoms with Gasteiger partial charge in [0.05, 0.1) is 12.5 Å². The summed E-state index contributed by atoms with van der Waals surface area (Å²) >= 11 is 0. The number of piperidine rings is 1. The third kappa shape index (κ3) is 4.37. The van der Waals surface area contributed by atoms with Gasteiger partial charge in [0.2, 0.25) is 5.91 Å². The average molecular weight is 330 g/mol. The topological polar surface area (TPSA) is 41.6 Å². The first kappa shape index (κ1) is 17.4. The van der Waals surface area contributed by atoms with Crippen molar-refractivity contribution in [3.63, 3.8) is 0 Å². The van der Waals surface area contributed by atoms with E-state index in [0.29, 0.717) is 5.92 Å². The zero-order chi connectivity index (χ0) is 16.8. The number of likely N-dealkylation sites (tertiary alicyclic amines) is 1. The molecule has 1 atom stereocenters. The van der Waals surface area contributed by atoms with Crippen molar-refractivity contribution in [2.45, 2.75) is 38.0 Å². The molecule has 0 radical (unpaired) electrons. The number of amides is 1. The van der Waals surface area contributed by atoms with Gasteiger partial charge in [-0.2, -0.15) is 0 Å². The Morgan fingerprint density at radius 1 is 1.25 bits per heavy atom. The maximum absolute atomic E-state index is 12.7. The largest absolute Gasteiger partial charge is 0.383 e. The lowest BCUT2D eigenvalue weighted by atomic mass is 9.82. The number of hydrogen-bond acceptors (Lipinski definition) is 3. The highest BCUT2D eigenvalue weighted by Crippen LogP contribution is 2.31. The van der Waals surface area contributed by atoms with E-state index in [1.165, 1.54) is 24.0 Å². The molecule has 1 aromatic rings. The molecule has 1 N–H and O–H groups in total. The lowest BCUT2D eigenvalue weighted by Crippen LogP contribution is -2.41. The Labute approximate surface area is 145 Å².